The van der Waals surface area contributed by atoms with Gasteiger partial charge in [-0.1, -0.05) is 48.5 Å². The molecule has 0 saturated carbocycles. The number of fused-ring (bicyclic) bond motifs is 3. The highest BCUT2D eigenvalue weighted by molar-refractivity contribution is 7.17. The third kappa shape index (κ3) is 6.23. The smallest absolute Gasteiger partial charge is 0.265 e. The molecule has 2 fully saturated rings. The zero-order chi connectivity index (χ0) is 35.3. The minimum absolute atomic E-state index is 0.0309. The van der Waals surface area contributed by atoms with Gasteiger partial charge in [0, 0.05) is 71.4 Å². The van der Waals surface area contributed by atoms with Gasteiger partial charge in [0.05, 0.1) is 22.9 Å². The molecule has 3 aromatic carbocycles. The molecule has 8 nitrogen and oxygen atoms in total. The molecule has 2 amide bonds. The van der Waals surface area contributed by atoms with Gasteiger partial charge < -0.3 is 19.9 Å². The number of aromatic nitrogens is 1. The van der Waals surface area contributed by atoms with Gasteiger partial charge in [-0.25, -0.2) is 9.37 Å². The van der Waals surface area contributed by atoms with Gasteiger partial charge in [-0.3, -0.25) is 14.4 Å². The van der Waals surface area contributed by atoms with Crippen LogP contribution in [0.4, 0.5) is 21.6 Å². The molecule has 1 spiro atoms. The van der Waals surface area contributed by atoms with Gasteiger partial charge in [0.1, 0.15) is 11.6 Å². The minimum Gasteiger partial charge on any atom is -0.381 e. The number of ether oxygens (including phenoxy) is 1. The number of ketones is 1. The first-order chi connectivity index (χ1) is 24.7. The van der Waals surface area contributed by atoms with E-state index in [0.717, 1.165) is 71.4 Å². The molecule has 0 radical (unpaired) electrons. The molecule has 0 unspecified atom stereocenters. The third-order valence-electron chi connectivity index (χ3n) is 10.2. The molecule has 3 aliphatic heterocycles. The third-order valence-corrected chi connectivity index (χ3v) is 11.4. The number of pyridine rings is 1. The molecule has 51 heavy (non-hydrogen) atoms. The van der Waals surface area contributed by atoms with Crippen molar-refractivity contribution in [1.29, 1.82) is 0 Å². The Morgan fingerprint density at radius 3 is 2.53 bits per heavy atom. The van der Waals surface area contributed by atoms with Gasteiger partial charge in [0.15, 0.2) is 5.78 Å². The Balaban J connectivity index is 0.985. The van der Waals surface area contributed by atoms with Crippen LogP contribution < -0.4 is 15.1 Å². The Labute approximate surface area is 299 Å². The molecule has 1 N–H and O–H groups in total. The van der Waals surface area contributed by atoms with Gasteiger partial charge in [-0.15, -0.1) is 11.3 Å². The van der Waals surface area contributed by atoms with Crippen molar-refractivity contribution >= 4 is 46.1 Å². The SMILES string of the molecule is Cc1cnc(N2CC3(CCOC3)C2)c(CC(=O)c2ccc(C(=O)N3CCc4cc(C(=O)Nc5c(C)cccc5F)sc4-c4ccccc43)cc2)c1. The Hall–Kier alpha value is -5.19. The summed E-state index contributed by atoms with van der Waals surface area (Å²) in [6.07, 6.45) is 3.67. The normalized spacial score (nSPS) is 15.9. The van der Waals surface area contributed by atoms with Crippen LogP contribution in [0.15, 0.2) is 85.1 Å². The lowest BCUT2D eigenvalue weighted by Crippen LogP contribution is -2.57. The van der Waals surface area contributed by atoms with Gasteiger partial charge in [0.2, 0.25) is 0 Å². The van der Waals surface area contributed by atoms with E-state index in [9.17, 15) is 18.8 Å². The van der Waals surface area contributed by atoms with E-state index in [0.29, 0.717) is 34.5 Å². The Kier molecular flexibility index (Phi) is 8.52. The highest BCUT2D eigenvalue weighted by Crippen LogP contribution is 2.43. The first kappa shape index (κ1) is 33.0. The first-order valence-corrected chi connectivity index (χ1v) is 18.0. The molecule has 5 aromatic rings. The van der Waals surface area contributed by atoms with Crippen LogP contribution in [-0.2, 0) is 17.6 Å². The molecule has 0 bridgehead atoms. The predicted molar refractivity (Wildman–Crippen MR) is 198 cm³/mol. The van der Waals surface area contributed by atoms with Crippen molar-refractivity contribution < 1.29 is 23.5 Å². The maximum absolute atomic E-state index is 14.5. The second-order valence-corrected chi connectivity index (χ2v) is 15.0. The molecule has 2 saturated heterocycles. The quantitative estimate of drug-likeness (QED) is 0.175. The van der Waals surface area contributed by atoms with Crippen LogP contribution >= 0.6 is 11.3 Å². The summed E-state index contributed by atoms with van der Waals surface area (Å²) in [6, 6.07) is 23.2. The summed E-state index contributed by atoms with van der Waals surface area (Å²) in [6.45, 7) is 7.51. The molecule has 8 rings (SSSR count). The Morgan fingerprint density at radius 1 is 0.980 bits per heavy atom. The van der Waals surface area contributed by atoms with E-state index in [1.54, 1.807) is 48.2 Å². The summed E-state index contributed by atoms with van der Waals surface area (Å²) in [7, 11) is 0. The van der Waals surface area contributed by atoms with Crippen molar-refractivity contribution in [3.05, 3.63) is 129 Å². The zero-order valence-corrected chi connectivity index (χ0v) is 29.3. The highest BCUT2D eigenvalue weighted by atomic mass is 32.1. The predicted octanol–water partition coefficient (Wildman–Crippen LogP) is 7.67. The summed E-state index contributed by atoms with van der Waals surface area (Å²) >= 11 is 1.34. The molecule has 10 heteroatoms. The van der Waals surface area contributed by atoms with Gasteiger partial charge in [-0.05, 0) is 73.7 Å². The molecule has 0 atom stereocenters. The van der Waals surface area contributed by atoms with E-state index in [1.807, 2.05) is 49.5 Å². The maximum atomic E-state index is 14.5. The molecular formula is C41H37FN4O4S. The first-order valence-electron chi connectivity index (χ1n) is 17.2. The number of benzene rings is 3. The Morgan fingerprint density at radius 2 is 1.76 bits per heavy atom. The number of aryl methyl sites for hydroxylation is 2. The Bertz CT molecular complexity index is 2160. The molecule has 0 aliphatic carbocycles. The van der Waals surface area contributed by atoms with Gasteiger partial charge >= 0.3 is 0 Å². The second-order valence-electron chi connectivity index (χ2n) is 13.9. The lowest BCUT2D eigenvalue weighted by Gasteiger charge is -2.48. The summed E-state index contributed by atoms with van der Waals surface area (Å²) in [4.78, 5) is 50.9. The van der Waals surface area contributed by atoms with E-state index in [4.69, 9.17) is 9.72 Å². The second kappa shape index (κ2) is 13.2. The number of amides is 2. The number of anilines is 3. The number of carbonyl (C=O) groups excluding carboxylic acids is 3. The van der Waals surface area contributed by atoms with Crippen molar-refractivity contribution in [2.45, 2.75) is 33.1 Å². The summed E-state index contributed by atoms with van der Waals surface area (Å²) in [5.41, 5.74) is 6.51. The van der Waals surface area contributed by atoms with Crippen LogP contribution in [0.25, 0.3) is 10.4 Å². The average molecular weight is 701 g/mol. The number of hydrogen-bond acceptors (Lipinski definition) is 7. The number of Topliss-reactive ketones (excluding diaryl/α,β-unsaturated/α-hetero) is 1. The molecular weight excluding hydrogens is 664 g/mol. The fourth-order valence-electron chi connectivity index (χ4n) is 7.46. The number of nitrogens with one attached hydrogen (secondary N) is 1. The van der Waals surface area contributed by atoms with Crippen LogP contribution in [0, 0.1) is 25.1 Å². The van der Waals surface area contributed by atoms with Crippen LogP contribution in [-0.4, -0.2) is 55.4 Å². The van der Waals surface area contributed by atoms with Crippen molar-refractivity contribution in [2.24, 2.45) is 5.41 Å². The molecule has 3 aliphatic rings. The van der Waals surface area contributed by atoms with Crippen LogP contribution in [0.1, 0.15) is 59.1 Å². The summed E-state index contributed by atoms with van der Waals surface area (Å²) < 4.78 is 20.1. The maximum Gasteiger partial charge on any atom is 0.265 e. The van der Waals surface area contributed by atoms with Crippen molar-refractivity contribution in [2.75, 3.05) is 48.0 Å². The number of rotatable bonds is 7. The number of carbonyl (C=O) groups is 3. The summed E-state index contributed by atoms with van der Waals surface area (Å²) in [5.74, 6) is -0.191. The number of nitrogens with zero attached hydrogens (tertiary/aromatic N) is 3. The van der Waals surface area contributed by atoms with Crippen LogP contribution in [0.3, 0.4) is 0 Å². The zero-order valence-electron chi connectivity index (χ0n) is 28.5. The topological polar surface area (TPSA) is 91.8 Å². The van der Waals surface area contributed by atoms with Crippen molar-refractivity contribution in [3.63, 3.8) is 0 Å². The number of para-hydroxylation sites is 2. The van der Waals surface area contributed by atoms with Crippen LogP contribution in [0.2, 0.25) is 0 Å². The fourth-order valence-corrected chi connectivity index (χ4v) is 8.60. The summed E-state index contributed by atoms with van der Waals surface area (Å²) in [5, 5.41) is 2.74. The minimum atomic E-state index is -0.480. The average Bonchev–Trinajstić information content (AvgIpc) is 3.75. The lowest BCUT2D eigenvalue weighted by atomic mass is 9.79. The molecule has 258 valence electrons. The monoisotopic (exact) mass is 700 g/mol. The standard InChI is InChI=1S/C41H37FN4O4S/c1-25-18-30(38(43-21-25)45-22-41(23-45)15-17-50-24-41)19-34(47)27-10-12-28(13-11-27)40(49)46-16-14-29-20-35(51-37(29)31-7-3-4-9-33(31)46)39(48)44-36-26(2)6-5-8-32(36)42/h3-13,18,20-21H,14-17,19,22-24H2,1-2H3,(H,44,48). The molecule has 5 heterocycles. The van der Waals surface area contributed by atoms with E-state index in [1.165, 1.54) is 17.4 Å². The number of halogens is 1. The van der Waals surface area contributed by atoms with Crippen molar-refractivity contribution in [3.8, 4) is 10.4 Å². The number of thiophene rings is 1. The molecule has 2 aromatic heterocycles. The number of hydrogen-bond donors (Lipinski definition) is 1. The van der Waals surface area contributed by atoms with Crippen LogP contribution in [0.5, 0.6) is 0 Å². The highest BCUT2D eigenvalue weighted by Gasteiger charge is 2.46. The van der Waals surface area contributed by atoms with E-state index < -0.39 is 5.82 Å². The van der Waals surface area contributed by atoms with E-state index >= 15 is 0 Å². The van der Waals surface area contributed by atoms with Crippen molar-refractivity contribution in [1.82, 2.24) is 4.98 Å². The fraction of sp³-hybridized carbons (Fsp3) is 0.268. The van der Waals surface area contributed by atoms with E-state index in [-0.39, 0.29) is 35.1 Å². The van der Waals surface area contributed by atoms with Gasteiger partial charge in [0.25, 0.3) is 11.8 Å². The lowest BCUT2D eigenvalue weighted by molar-refractivity contribution is 0.0978. The van der Waals surface area contributed by atoms with Gasteiger partial charge in [-0.2, -0.15) is 0 Å². The van der Waals surface area contributed by atoms with E-state index in [2.05, 4.69) is 10.2 Å². The largest absolute Gasteiger partial charge is 0.381 e.